The van der Waals surface area contributed by atoms with Crippen LogP contribution in [0.25, 0.3) is 0 Å². The molecule has 0 aliphatic rings. The molecule has 0 saturated heterocycles. The number of benzene rings is 2. The van der Waals surface area contributed by atoms with Gasteiger partial charge in [-0.2, -0.15) is 0 Å². The Labute approximate surface area is 141 Å². The van der Waals surface area contributed by atoms with E-state index in [0.717, 1.165) is 12.1 Å². The molecule has 25 heavy (non-hydrogen) atoms. The second-order valence-electron chi connectivity index (χ2n) is 5.02. The summed E-state index contributed by atoms with van der Waals surface area (Å²) in [5.41, 5.74) is -1.26. The smallest absolute Gasteiger partial charge is 0.339 e. The first-order valence-corrected chi connectivity index (χ1v) is 7.00. The number of esters is 1. The van der Waals surface area contributed by atoms with Crippen molar-refractivity contribution in [1.82, 2.24) is 0 Å². The van der Waals surface area contributed by atoms with Crippen LogP contribution < -0.4 is 0 Å². The van der Waals surface area contributed by atoms with Crippen molar-refractivity contribution in [2.75, 3.05) is 6.61 Å². The van der Waals surface area contributed by atoms with Crippen LogP contribution >= 0.6 is 0 Å². The fourth-order valence-electron chi connectivity index (χ4n) is 2.11. The molecule has 2 aromatic rings. The number of ketones is 1. The van der Waals surface area contributed by atoms with Crippen LogP contribution in [-0.4, -0.2) is 28.2 Å². The van der Waals surface area contributed by atoms with E-state index in [1.54, 1.807) is 30.3 Å². The number of non-ortho nitro benzene ring substituents is 1. The molecule has 0 heterocycles. The molecule has 9 nitrogen and oxygen atoms in total. The Balaban J connectivity index is 2.25. The highest BCUT2D eigenvalue weighted by Gasteiger charge is 2.25. The number of nitro groups is 2. The molecule has 0 N–H and O–H groups in total. The third kappa shape index (κ3) is 4.02. The molecule has 2 aromatic carbocycles. The molecule has 0 spiro atoms. The Kier molecular flexibility index (Phi) is 5.18. The first kappa shape index (κ1) is 17.7. The zero-order valence-electron chi connectivity index (χ0n) is 13.0. The maximum Gasteiger partial charge on any atom is 0.339 e. The monoisotopic (exact) mass is 344 g/mol. The van der Waals surface area contributed by atoms with Gasteiger partial charge < -0.3 is 4.74 Å². The molecule has 0 aliphatic heterocycles. The number of carbonyl (C=O) groups is 2. The predicted octanol–water partition coefficient (Wildman–Crippen LogP) is 2.85. The molecule has 0 radical (unpaired) electrons. The normalized spacial score (nSPS) is 10.1. The number of rotatable bonds is 6. The summed E-state index contributed by atoms with van der Waals surface area (Å²) in [6.45, 7) is 0.691. The van der Waals surface area contributed by atoms with Crippen molar-refractivity contribution >= 4 is 23.1 Å². The lowest BCUT2D eigenvalue weighted by Gasteiger charge is -2.07. The third-order valence-corrected chi connectivity index (χ3v) is 3.42. The molecule has 9 heteroatoms. The van der Waals surface area contributed by atoms with E-state index in [9.17, 15) is 29.8 Å². The second kappa shape index (κ2) is 7.30. The Morgan fingerprint density at radius 1 is 1.04 bits per heavy atom. The van der Waals surface area contributed by atoms with Crippen molar-refractivity contribution in [2.45, 2.75) is 6.92 Å². The average molecular weight is 344 g/mol. The summed E-state index contributed by atoms with van der Waals surface area (Å²) in [5, 5.41) is 21.9. The van der Waals surface area contributed by atoms with E-state index >= 15 is 0 Å². The maximum absolute atomic E-state index is 12.1. The first-order valence-electron chi connectivity index (χ1n) is 7.00. The zero-order valence-corrected chi connectivity index (χ0v) is 13.0. The Hall–Kier alpha value is -3.62. The molecule has 0 unspecified atom stereocenters. The van der Waals surface area contributed by atoms with Crippen LogP contribution in [0.15, 0.2) is 42.5 Å². The van der Waals surface area contributed by atoms with E-state index in [4.69, 9.17) is 4.74 Å². The minimum Gasteiger partial charge on any atom is -0.454 e. The van der Waals surface area contributed by atoms with Crippen molar-refractivity contribution in [1.29, 1.82) is 0 Å². The summed E-state index contributed by atoms with van der Waals surface area (Å²) in [6.07, 6.45) is 0. The quantitative estimate of drug-likeness (QED) is 0.341. The van der Waals surface area contributed by atoms with Crippen molar-refractivity contribution in [3.8, 4) is 0 Å². The molecule has 0 saturated carbocycles. The molecule has 0 aromatic heterocycles. The maximum atomic E-state index is 12.1. The van der Waals surface area contributed by atoms with Crippen molar-refractivity contribution in [3.05, 3.63) is 79.4 Å². The molecule has 128 valence electrons. The Morgan fingerprint density at radius 2 is 1.68 bits per heavy atom. The number of ether oxygens (including phenoxy) is 1. The lowest BCUT2D eigenvalue weighted by molar-refractivity contribution is -0.394. The molecule has 0 fully saturated rings. The third-order valence-electron chi connectivity index (χ3n) is 3.42. The van der Waals surface area contributed by atoms with Gasteiger partial charge in [-0.1, -0.05) is 30.3 Å². The van der Waals surface area contributed by atoms with Crippen LogP contribution in [-0.2, 0) is 4.74 Å². The fourth-order valence-corrected chi connectivity index (χ4v) is 2.11. The van der Waals surface area contributed by atoms with Gasteiger partial charge in [0.05, 0.1) is 21.5 Å². The zero-order chi connectivity index (χ0) is 18.6. The topological polar surface area (TPSA) is 130 Å². The summed E-state index contributed by atoms with van der Waals surface area (Å²) in [7, 11) is 0. The number of hydrogen-bond donors (Lipinski definition) is 0. The molecule has 0 atom stereocenters. The van der Waals surface area contributed by atoms with E-state index in [1.807, 2.05) is 0 Å². The van der Waals surface area contributed by atoms with Crippen LogP contribution in [0.1, 0.15) is 26.3 Å². The van der Waals surface area contributed by atoms with Crippen molar-refractivity contribution in [2.24, 2.45) is 0 Å². The summed E-state index contributed by atoms with van der Waals surface area (Å²) >= 11 is 0. The van der Waals surface area contributed by atoms with Gasteiger partial charge in [0.25, 0.3) is 11.4 Å². The largest absolute Gasteiger partial charge is 0.454 e. The van der Waals surface area contributed by atoms with Crippen LogP contribution in [0.4, 0.5) is 11.4 Å². The predicted molar refractivity (Wildman–Crippen MR) is 85.5 cm³/mol. The number of hydrogen-bond acceptors (Lipinski definition) is 7. The second-order valence-corrected chi connectivity index (χ2v) is 5.02. The highest BCUT2D eigenvalue weighted by atomic mass is 16.6. The lowest BCUT2D eigenvalue weighted by atomic mass is 10.1. The number of Topliss-reactive ketones (excluding diaryl/α,β-unsaturated/α-hetero) is 1. The van der Waals surface area contributed by atoms with Gasteiger partial charge in [0, 0.05) is 17.2 Å². The number of nitrogens with zero attached hydrogens (tertiary/aromatic N) is 2. The van der Waals surface area contributed by atoms with E-state index in [-0.39, 0.29) is 11.1 Å². The molecule has 0 aliphatic carbocycles. The highest BCUT2D eigenvalue weighted by Crippen LogP contribution is 2.28. The van der Waals surface area contributed by atoms with Crippen LogP contribution in [0.2, 0.25) is 0 Å². The SMILES string of the molecule is Cc1c(C(=O)OCC(=O)c2ccccc2)cc([N+](=O)[O-])cc1[N+](=O)[O-]. The van der Waals surface area contributed by atoms with E-state index in [2.05, 4.69) is 0 Å². The van der Waals surface area contributed by atoms with Gasteiger partial charge in [0.2, 0.25) is 0 Å². The van der Waals surface area contributed by atoms with Gasteiger partial charge in [-0.05, 0) is 6.92 Å². The number of carbonyl (C=O) groups excluding carboxylic acids is 2. The summed E-state index contributed by atoms with van der Waals surface area (Å²) in [6, 6.07) is 9.73. The lowest BCUT2D eigenvalue weighted by Crippen LogP contribution is -2.15. The summed E-state index contributed by atoms with van der Waals surface area (Å²) in [5.74, 6) is -1.51. The minimum atomic E-state index is -1.05. The van der Waals surface area contributed by atoms with Gasteiger partial charge in [-0.25, -0.2) is 4.79 Å². The van der Waals surface area contributed by atoms with E-state index in [0.29, 0.717) is 5.56 Å². The van der Waals surface area contributed by atoms with E-state index < -0.39 is 39.6 Å². The van der Waals surface area contributed by atoms with Gasteiger partial charge in [0.1, 0.15) is 0 Å². The molecular weight excluding hydrogens is 332 g/mol. The van der Waals surface area contributed by atoms with Crippen LogP contribution in [0.5, 0.6) is 0 Å². The minimum absolute atomic E-state index is 0.0761. The number of nitro benzene ring substituents is 2. The standard InChI is InChI=1S/C16H12N2O7/c1-10-13(7-12(17(21)22)8-14(10)18(23)24)16(20)25-9-15(19)11-5-3-2-4-6-11/h2-8H,9H2,1H3. The van der Waals surface area contributed by atoms with Gasteiger partial charge >= 0.3 is 5.97 Å². The fraction of sp³-hybridized carbons (Fsp3) is 0.125. The van der Waals surface area contributed by atoms with Crippen LogP contribution in [0.3, 0.4) is 0 Å². The molecular formula is C16H12N2O7. The molecule has 0 amide bonds. The average Bonchev–Trinajstić information content (AvgIpc) is 2.59. The Morgan fingerprint density at radius 3 is 2.24 bits per heavy atom. The summed E-state index contributed by atoms with van der Waals surface area (Å²) in [4.78, 5) is 44.3. The van der Waals surface area contributed by atoms with Crippen molar-refractivity contribution in [3.63, 3.8) is 0 Å². The highest BCUT2D eigenvalue weighted by molar-refractivity contribution is 6.00. The van der Waals surface area contributed by atoms with Gasteiger partial charge in [0.15, 0.2) is 12.4 Å². The summed E-state index contributed by atoms with van der Waals surface area (Å²) < 4.78 is 4.86. The van der Waals surface area contributed by atoms with Gasteiger partial charge in [-0.15, -0.1) is 0 Å². The van der Waals surface area contributed by atoms with Crippen LogP contribution in [0, 0.1) is 27.2 Å². The first-order chi connectivity index (χ1) is 11.8. The molecule has 0 bridgehead atoms. The van der Waals surface area contributed by atoms with E-state index in [1.165, 1.54) is 6.92 Å². The Bertz CT molecular complexity index is 862. The molecule has 2 rings (SSSR count). The van der Waals surface area contributed by atoms with Crippen molar-refractivity contribution < 1.29 is 24.2 Å². The van der Waals surface area contributed by atoms with Gasteiger partial charge in [-0.3, -0.25) is 25.0 Å².